The van der Waals surface area contributed by atoms with Crippen molar-refractivity contribution in [1.82, 2.24) is 15.2 Å². The molecule has 0 atom stereocenters. The molecule has 0 radical (unpaired) electrons. The molecule has 7 heteroatoms. The number of benzene rings is 3. The highest BCUT2D eigenvalue weighted by molar-refractivity contribution is 5.96. The first kappa shape index (κ1) is 18.9. The average molecular weight is 398 g/mol. The Labute approximate surface area is 172 Å². The molecule has 0 aliphatic rings. The van der Waals surface area contributed by atoms with Gasteiger partial charge in [0, 0.05) is 29.0 Å². The zero-order chi connectivity index (χ0) is 20.9. The van der Waals surface area contributed by atoms with Crippen LogP contribution in [0.3, 0.4) is 0 Å². The molecule has 0 aliphatic carbocycles. The summed E-state index contributed by atoms with van der Waals surface area (Å²) in [5, 5.41) is 27.8. The Morgan fingerprint density at radius 3 is 2.23 bits per heavy atom. The number of nitrogens with zero attached hydrogens (tertiary/aromatic N) is 3. The molecule has 1 amide bonds. The van der Waals surface area contributed by atoms with Crippen LogP contribution in [0.2, 0.25) is 0 Å². The van der Waals surface area contributed by atoms with E-state index in [9.17, 15) is 15.0 Å². The number of hydrogen-bond acceptors (Lipinski definition) is 5. The zero-order valence-electron chi connectivity index (χ0n) is 15.8. The lowest BCUT2D eigenvalue weighted by molar-refractivity contribution is 0.0954. The highest BCUT2D eigenvalue weighted by Crippen LogP contribution is 2.23. The van der Waals surface area contributed by atoms with Crippen molar-refractivity contribution in [2.24, 2.45) is 5.10 Å². The summed E-state index contributed by atoms with van der Waals surface area (Å²) in [6.07, 6.45) is 3.34. The molecule has 0 saturated heterocycles. The van der Waals surface area contributed by atoms with Crippen molar-refractivity contribution in [1.29, 1.82) is 0 Å². The third-order valence-corrected chi connectivity index (χ3v) is 4.34. The van der Waals surface area contributed by atoms with Crippen molar-refractivity contribution in [2.75, 3.05) is 0 Å². The predicted molar refractivity (Wildman–Crippen MR) is 114 cm³/mol. The molecule has 30 heavy (non-hydrogen) atoms. The Bertz CT molecular complexity index is 1180. The van der Waals surface area contributed by atoms with Crippen LogP contribution in [0.5, 0.6) is 11.5 Å². The third-order valence-electron chi connectivity index (χ3n) is 4.34. The van der Waals surface area contributed by atoms with Crippen molar-refractivity contribution < 1.29 is 15.0 Å². The molecular formula is C23H18N4O3. The van der Waals surface area contributed by atoms with Gasteiger partial charge in [-0.2, -0.15) is 10.2 Å². The van der Waals surface area contributed by atoms with E-state index in [1.807, 2.05) is 66.9 Å². The lowest BCUT2D eigenvalue weighted by Gasteiger charge is -2.02. The third kappa shape index (κ3) is 4.20. The molecule has 4 rings (SSSR count). The summed E-state index contributed by atoms with van der Waals surface area (Å²) >= 11 is 0. The molecule has 0 fully saturated rings. The fourth-order valence-corrected chi connectivity index (χ4v) is 2.97. The number of hydrazone groups is 1. The van der Waals surface area contributed by atoms with Crippen LogP contribution >= 0.6 is 0 Å². The smallest absolute Gasteiger partial charge is 0.271 e. The number of rotatable bonds is 5. The van der Waals surface area contributed by atoms with E-state index in [0.717, 1.165) is 17.3 Å². The van der Waals surface area contributed by atoms with Crippen molar-refractivity contribution in [3.8, 4) is 28.4 Å². The van der Waals surface area contributed by atoms with Gasteiger partial charge in [0.05, 0.1) is 11.9 Å². The number of amides is 1. The molecule has 7 nitrogen and oxygen atoms in total. The van der Waals surface area contributed by atoms with Gasteiger partial charge in [-0.15, -0.1) is 0 Å². The molecule has 148 valence electrons. The summed E-state index contributed by atoms with van der Waals surface area (Å²) in [6, 6.07) is 23.0. The van der Waals surface area contributed by atoms with Crippen LogP contribution in [0.15, 0.2) is 90.2 Å². The number of hydrogen-bond donors (Lipinski definition) is 3. The van der Waals surface area contributed by atoms with Crippen LogP contribution in [0, 0.1) is 0 Å². The van der Waals surface area contributed by atoms with E-state index < -0.39 is 5.91 Å². The molecule has 0 bridgehead atoms. The van der Waals surface area contributed by atoms with Gasteiger partial charge in [0.15, 0.2) is 0 Å². The van der Waals surface area contributed by atoms with Gasteiger partial charge in [-0.1, -0.05) is 48.5 Å². The molecule has 0 saturated carbocycles. The first-order chi connectivity index (χ1) is 14.6. The highest BCUT2D eigenvalue weighted by Gasteiger charge is 2.12. The molecule has 1 heterocycles. The largest absolute Gasteiger partial charge is 0.508 e. The Hall–Kier alpha value is -4.39. The van der Waals surface area contributed by atoms with E-state index in [0.29, 0.717) is 11.3 Å². The van der Waals surface area contributed by atoms with Gasteiger partial charge in [0.2, 0.25) is 0 Å². The van der Waals surface area contributed by atoms with Gasteiger partial charge in [-0.25, -0.2) is 10.1 Å². The van der Waals surface area contributed by atoms with Crippen LogP contribution in [0.4, 0.5) is 0 Å². The summed E-state index contributed by atoms with van der Waals surface area (Å²) < 4.78 is 1.75. The fourth-order valence-electron chi connectivity index (χ4n) is 2.97. The monoisotopic (exact) mass is 398 g/mol. The fraction of sp³-hybridized carbons (Fsp3) is 0. The Morgan fingerprint density at radius 2 is 1.57 bits per heavy atom. The average Bonchev–Trinajstić information content (AvgIpc) is 3.18. The van der Waals surface area contributed by atoms with Gasteiger partial charge in [-0.3, -0.25) is 4.79 Å². The SMILES string of the molecule is O=C(NN=Cc1cn(-c2ccccc2)nc1-c1ccccc1)c1cc(O)cc(O)c1. The van der Waals surface area contributed by atoms with Crippen molar-refractivity contribution in [3.05, 3.63) is 96.2 Å². The molecule has 0 spiro atoms. The number of aromatic nitrogens is 2. The van der Waals surface area contributed by atoms with E-state index in [1.165, 1.54) is 18.3 Å². The normalized spacial score (nSPS) is 10.9. The highest BCUT2D eigenvalue weighted by atomic mass is 16.3. The van der Waals surface area contributed by atoms with Crippen LogP contribution in [-0.4, -0.2) is 32.1 Å². The summed E-state index contributed by atoms with van der Waals surface area (Å²) in [5.74, 6) is -0.978. The minimum absolute atomic E-state index is 0.0907. The molecule has 0 aliphatic heterocycles. The van der Waals surface area contributed by atoms with E-state index in [-0.39, 0.29) is 17.1 Å². The van der Waals surface area contributed by atoms with E-state index in [2.05, 4.69) is 15.6 Å². The lowest BCUT2D eigenvalue weighted by Crippen LogP contribution is -2.17. The second kappa shape index (κ2) is 8.32. The summed E-state index contributed by atoms with van der Waals surface area (Å²) in [7, 11) is 0. The predicted octanol–water partition coefficient (Wildman–Crippen LogP) is 3.71. The molecule has 0 unspecified atom stereocenters. The minimum atomic E-state index is -0.561. The van der Waals surface area contributed by atoms with Crippen molar-refractivity contribution >= 4 is 12.1 Å². The van der Waals surface area contributed by atoms with Crippen molar-refractivity contribution in [3.63, 3.8) is 0 Å². The number of aromatic hydroxyl groups is 2. The Balaban J connectivity index is 1.62. The Kier molecular flexibility index (Phi) is 5.25. The number of carbonyl (C=O) groups excluding carboxylic acids is 1. The van der Waals surface area contributed by atoms with Gasteiger partial charge in [0.25, 0.3) is 5.91 Å². The number of para-hydroxylation sites is 1. The van der Waals surface area contributed by atoms with Gasteiger partial charge >= 0.3 is 0 Å². The van der Waals surface area contributed by atoms with E-state index in [1.54, 1.807) is 4.68 Å². The van der Waals surface area contributed by atoms with Gasteiger partial charge < -0.3 is 10.2 Å². The number of carbonyl (C=O) groups is 1. The number of phenolic OH excluding ortho intramolecular Hbond substituents is 2. The van der Waals surface area contributed by atoms with Crippen LogP contribution in [-0.2, 0) is 0 Å². The minimum Gasteiger partial charge on any atom is -0.508 e. The summed E-state index contributed by atoms with van der Waals surface area (Å²) in [4.78, 5) is 12.3. The number of phenols is 2. The quantitative estimate of drug-likeness (QED) is 0.352. The van der Waals surface area contributed by atoms with Gasteiger partial charge in [0.1, 0.15) is 17.2 Å². The molecule has 3 aromatic carbocycles. The number of nitrogens with one attached hydrogen (secondary N) is 1. The molecular weight excluding hydrogens is 380 g/mol. The van der Waals surface area contributed by atoms with Crippen LogP contribution in [0.25, 0.3) is 16.9 Å². The molecule has 3 N–H and O–H groups in total. The summed E-state index contributed by atoms with van der Waals surface area (Å²) in [5.41, 5.74) is 5.73. The van der Waals surface area contributed by atoms with Crippen LogP contribution < -0.4 is 5.43 Å². The maximum atomic E-state index is 12.3. The standard InChI is InChI=1S/C23H18N4O3/c28-20-11-17(12-21(29)13-20)23(30)25-24-14-18-15-27(19-9-5-2-6-10-19)26-22(18)16-7-3-1-4-8-16/h1-15,28-29H,(H,25,30). The molecule has 1 aromatic heterocycles. The van der Waals surface area contributed by atoms with Crippen LogP contribution in [0.1, 0.15) is 15.9 Å². The topological polar surface area (TPSA) is 99.7 Å². The maximum Gasteiger partial charge on any atom is 0.271 e. The zero-order valence-corrected chi connectivity index (χ0v) is 15.8. The van der Waals surface area contributed by atoms with Crippen molar-refractivity contribution in [2.45, 2.75) is 0 Å². The second-order valence-electron chi connectivity index (χ2n) is 6.52. The first-order valence-corrected chi connectivity index (χ1v) is 9.17. The molecule has 4 aromatic rings. The van der Waals surface area contributed by atoms with E-state index in [4.69, 9.17) is 0 Å². The van der Waals surface area contributed by atoms with Gasteiger partial charge in [-0.05, 0) is 24.3 Å². The maximum absolute atomic E-state index is 12.3. The Morgan fingerprint density at radius 1 is 0.933 bits per heavy atom. The lowest BCUT2D eigenvalue weighted by atomic mass is 10.1. The van der Waals surface area contributed by atoms with E-state index >= 15 is 0 Å². The summed E-state index contributed by atoms with van der Waals surface area (Å²) in [6.45, 7) is 0. The first-order valence-electron chi connectivity index (χ1n) is 9.17. The second-order valence-corrected chi connectivity index (χ2v) is 6.52.